The molecule has 0 aromatic heterocycles. The minimum absolute atomic E-state index is 0.211. The number of ether oxygens (including phenoxy) is 2. The van der Waals surface area contributed by atoms with E-state index in [2.05, 4.69) is 0 Å². The van der Waals surface area contributed by atoms with Crippen molar-refractivity contribution in [2.24, 2.45) is 0 Å². The molecule has 4 aromatic rings. The molecule has 202 valence electrons. The van der Waals surface area contributed by atoms with Crippen LogP contribution in [0.2, 0.25) is 0 Å². The van der Waals surface area contributed by atoms with Gasteiger partial charge in [0.15, 0.2) is 21.3 Å². The number of halogens is 4. The lowest BCUT2D eigenvalue weighted by molar-refractivity contribution is -0.159. The summed E-state index contributed by atoms with van der Waals surface area (Å²) in [6.07, 6.45) is 0. The Morgan fingerprint density at radius 3 is 1.62 bits per heavy atom. The van der Waals surface area contributed by atoms with Gasteiger partial charge in [0.25, 0.3) is 0 Å². The molecule has 0 aliphatic heterocycles. The third-order valence-corrected chi connectivity index (χ3v) is 8.00. The molecule has 0 fully saturated rings. The molecule has 0 aliphatic rings. The van der Waals surface area contributed by atoms with E-state index in [9.17, 15) is 22.4 Å². The van der Waals surface area contributed by atoms with Crippen LogP contribution in [0.5, 0.6) is 5.75 Å². The zero-order chi connectivity index (χ0) is 28.3. The molecular formula is C31H27F4O3S+. The van der Waals surface area contributed by atoms with Crippen molar-refractivity contribution in [3.05, 3.63) is 119 Å². The molecule has 0 radical (unpaired) electrons. The second-order valence-corrected chi connectivity index (χ2v) is 11.7. The lowest BCUT2D eigenvalue weighted by Gasteiger charge is -2.26. The lowest BCUT2D eigenvalue weighted by atomic mass is 9.94. The number of carbonyl (C=O) groups is 1. The minimum atomic E-state index is -1.22. The maximum absolute atomic E-state index is 14.0. The number of esters is 1. The molecule has 0 amide bonds. The van der Waals surface area contributed by atoms with E-state index in [1.807, 2.05) is 32.0 Å². The first-order valence-corrected chi connectivity index (χ1v) is 13.3. The Hall–Kier alpha value is -3.78. The highest BCUT2D eigenvalue weighted by Crippen LogP contribution is 2.34. The van der Waals surface area contributed by atoms with Crippen molar-refractivity contribution in [1.29, 1.82) is 0 Å². The van der Waals surface area contributed by atoms with E-state index >= 15 is 0 Å². The first kappa shape index (κ1) is 28.2. The van der Waals surface area contributed by atoms with Crippen molar-refractivity contribution in [2.75, 3.05) is 6.61 Å². The molecule has 8 heteroatoms. The van der Waals surface area contributed by atoms with Gasteiger partial charge in [0, 0.05) is 36.4 Å². The van der Waals surface area contributed by atoms with Gasteiger partial charge in [-0.15, -0.1) is 0 Å². The average molecular weight is 556 g/mol. The summed E-state index contributed by atoms with van der Waals surface area (Å²) in [5.41, 5.74) is 2.13. The highest BCUT2D eigenvalue weighted by molar-refractivity contribution is 7.97. The van der Waals surface area contributed by atoms with Gasteiger partial charge < -0.3 is 9.47 Å². The zero-order valence-electron chi connectivity index (χ0n) is 21.9. The molecular weight excluding hydrogens is 528 g/mol. The number of carbonyl (C=O) groups excluding carboxylic acids is 1. The van der Waals surface area contributed by atoms with Gasteiger partial charge in [-0.3, -0.25) is 0 Å². The monoisotopic (exact) mass is 555 g/mol. The first-order valence-electron chi connectivity index (χ1n) is 12.1. The van der Waals surface area contributed by atoms with Gasteiger partial charge in [-0.05, 0) is 57.5 Å². The van der Waals surface area contributed by atoms with Crippen molar-refractivity contribution in [3.8, 4) is 5.75 Å². The van der Waals surface area contributed by atoms with E-state index < -0.39 is 45.7 Å². The summed E-state index contributed by atoms with van der Waals surface area (Å²) in [6.45, 7) is 7.21. The molecule has 0 heterocycles. The van der Waals surface area contributed by atoms with Crippen LogP contribution in [0.4, 0.5) is 17.6 Å². The number of hydrogen-bond donors (Lipinski definition) is 0. The molecule has 0 bridgehead atoms. The predicted molar refractivity (Wildman–Crippen MR) is 142 cm³/mol. The highest BCUT2D eigenvalue weighted by atomic mass is 32.2. The number of rotatable bonds is 8. The quantitative estimate of drug-likeness (QED) is 0.126. The Balaban J connectivity index is 1.52. The second-order valence-electron chi connectivity index (χ2n) is 9.64. The van der Waals surface area contributed by atoms with E-state index in [1.165, 1.54) is 0 Å². The maximum atomic E-state index is 14.0. The molecule has 39 heavy (non-hydrogen) atoms. The Labute approximate surface area is 227 Å². The fourth-order valence-corrected chi connectivity index (χ4v) is 6.36. The lowest BCUT2D eigenvalue weighted by Crippen LogP contribution is -2.28. The van der Waals surface area contributed by atoms with E-state index in [0.29, 0.717) is 10.6 Å². The van der Waals surface area contributed by atoms with Crippen LogP contribution >= 0.6 is 0 Å². The van der Waals surface area contributed by atoms with Gasteiger partial charge in [-0.2, -0.15) is 0 Å². The van der Waals surface area contributed by atoms with Crippen molar-refractivity contribution < 1.29 is 31.8 Å². The molecule has 0 saturated heterocycles. The molecule has 0 N–H and O–H groups in total. The van der Waals surface area contributed by atoms with Crippen LogP contribution in [0.15, 0.2) is 93.5 Å². The summed E-state index contributed by atoms with van der Waals surface area (Å²) in [5.74, 6) is -3.43. The third kappa shape index (κ3) is 7.20. The Bertz CT molecular complexity index is 1390. The molecule has 4 rings (SSSR count). The fourth-order valence-electron chi connectivity index (χ4n) is 4.21. The van der Waals surface area contributed by atoms with Crippen molar-refractivity contribution in [3.63, 3.8) is 0 Å². The Kier molecular flexibility index (Phi) is 8.35. The molecule has 0 spiro atoms. The van der Waals surface area contributed by atoms with Crippen molar-refractivity contribution >= 4 is 16.9 Å². The molecule has 0 saturated carbocycles. The van der Waals surface area contributed by atoms with Crippen molar-refractivity contribution in [1.82, 2.24) is 0 Å². The fraction of sp³-hybridized carbons (Fsp3) is 0.194. The minimum Gasteiger partial charge on any atom is -0.482 e. The first-order chi connectivity index (χ1) is 18.4. The van der Waals surface area contributed by atoms with E-state index in [0.717, 1.165) is 53.1 Å². The van der Waals surface area contributed by atoms with Gasteiger partial charge in [-0.1, -0.05) is 29.3 Å². The predicted octanol–water partition coefficient (Wildman–Crippen LogP) is 7.81. The largest absolute Gasteiger partial charge is 0.482 e. The normalized spacial score (nSPS) is 11.5. The van der Waals surface area contributed by atoms with Gasteiger partial charge in [0.1, 0.15) is 34.6 Å². The van der Waals surface area contributed by atoms with Crippen LogP contribution in [-0.2, 0) is 26.0 Å². The Morgan fingerprint density at radius 2 is 1.15 bits per heavy atom. The SMILES string of the molecule is Cc1cc(C)cc(C(C)(C)OC(=O)COc2ccc([S+](c3cc(F)cc(F)c3)c3cc(F)cc(F)c3)cc2)c1. The van der Waals surface area contributed by atoms with Crippen molar-refractivity contribution in [2.45, 2.75) is 48.0 Å². The van der Waals surface area contributed by atoms with Gasteiger partial charge in [-0.25, -0.2) is 22.4 Å². The summed E-state index contributed by atoms with van der Waals surface area (Å²) < 4.78 is 67.4. The van der Waals surface area contributed by atoms with Gasteiger partial charge >= 0.3 is 5.97 Å². The number of aryl methyl sites for hydroxylation is 2. The standard InChI is InChI=1S/C31H27F4O3S/c1-19-9-20(2)11-21(10-19)31(3,4)38-30(36)18-37-26-5-7-27(8-6-26)39(28-14-22(32)12-23(33)15-28)29-16-24(34)13-25(35)17-29/h5-17H,18H2,1-4H3/q+1. The summed E-state index contributed by atoms with van der Waals surface area (Å²) >= 11 is 0. The summed E-state index contributed by atoms with van der Waals surface area (Å²) in [5, 5.41) is 0. The topological polar surface area (TPSA) is 35.5 Å². The Morgan fingerprint density at radius 1 is 0.692 bits per heavy atom. The molecule has 0 unspecified atom stereocenters. The summed E-state index contributed by atoms with van der Waals surface area (Å²) in [7, 11) is -1.22. The molecule has 3 nitrogen and oxygen atoms in total. The third-order valence-electron chi connectivity index (χ3n) is 5.85. The van der Waals surface area contributed by atoms with Crippen LogP contribution in [0.3, 0.4) is 0 Å². The van der Waals surface area contributed by atoms with Crippen LogP contribution < -0.4 is 4.74 Å². The van der Waals surface area contributed by atoms with Gasteiger partial charge in [0.05, 0.1) is 10.9 Å². The summed E-state index contributed by atoms with van der Waals surface area (Å²) in [6, 6.07) is 18.3. The second kappa shape index (κ2) is 11.5. The van der Waals surface area contributed by atoms with E-state index in [4.69, 9.17) is 9.47 Å². The van der Waals surface area contributed by atoms with Crippen LogP contribution in [0.25, 0.3) is 0 Å². The number of hydrogen-bond acceptors (Lipinski definition) is 3. The van der Waals surface area contributed by atoms with Crippen LogP contribution in [-0.4, -0.2) is 12.6 Å². The highest BCUT2D eigenvalue weighted by Gasteiger charge is 2.31. The molecule has 0 aliphatic carbocycles. The van der Waals surface area contributed by atoms with E-state index in [1.54, 1.807) is 38.1 Å². The van der Waals surface area contributed by atoms with Crippen LogP contribution in [0.1, 0.15) is 30.5 Å². The van der Waals surface area contributed by atoms with E-state index in [-0.39, 0.29) is 16.4 Å². The average Bonchev–Trinajstić information content (AvgIpc) is 2.82. The van der Waals surface area contributed by atoms with Crippen LogP contribution in [0, 0.1) is 37.1 Å². The number of benzene rings is 4. The van der Waals surface area contributed by atoms with Gasteiger partial charge in [0.2, 0.25) is 0 Å². The smallest absolute Gasteiger partial charge is 0.345 e. The maximum Gasteiger partial charge on any atom is 0.345 e. The molecule has 0 atom stereocenters. The zero-order valence-corrected chi connectivity index (χ0v) is 22.7. The summed E-state index contributed by atoms with van der Waals surface area (Å²) in [4.78, 5) is 13.5. The molecule has 4 aromatic carbocycles.